The summed E-state index contributed by atoms with van der Waals surface area (Å²) < 4.78 is 0. The number of nitrogens with zero attached hydrogens (tertiary/aromatic N) is 1. The fourth-order valence-corrected chi connectivity index (χ4v) is 3.35. The molecule has 112 valence electrons. The molecule has 2 unspecified atom stereocenters. The van der Waals surface area contributed by atoms with Crippen molar-refractivity contribution in [3.8, 4) is 0 Å². The number of nitrogens with one attached hydrogen (secondary N) is 1. The number of hydrogen-bond acceptors (Lipinski definition) is 2. The van der Waals surface area contributed by atoms with Crippen molar-refractivity contribution < 1.29 is 0 Å². The van der Waals surface area contributed by atoms with Gasteiger partial charge in [-0.1, -0.05) is 32.0 Å². The second kappa shape index (κ2) is 6.57. The molecule has 0 aliphatic heterocycles. The topological polar surface area (TPSA) is 24.9 Å². The molecule has 1 N–H and O–H groups in total. The molecule has 21 heavy (non-hydrogen) atoms. The van der Waals surface area contributed by atoms with Crippen LogP contribution in [0.4, 0.5) is 0 Å². The lowest BCUT2D eigenvalue weighted by Gasteiger charge is -2.37. The van der Waals surface area contributed by atoms with Gasteiger partial charge < -0.3 is 5.32 Å². The first-order valence-corrected chi connectivity index (χ1v) is 8.27. The van der Waals surface area contributed by atoms with Gasteiger partial charge in [0.15, 0.2) is 0 Å². The standard InChI is InChI=1S/C19H26N2/c1-14(2)12-20-13-17-8-7-15(17)11-16-9-10-21-19-6-4-3-5-18(16)19/h3-6,9-10,14-15,17,20H,7-8,11-13H2,1-2H3. The lowest BCUT2D eigenvalue weighted by Crippen LogP contribution is -2.37. The maximum absolute atomic E-state index is 4.47. The molecular formula is C19H26N2. The quantitative estimate of drug-likeness (QED) is 0.864. The van der Waals surface area contributed by atoms with Crippen molar-refractivity contribution in [2.75, 3.05) is 13.1 Å². The molecule has 1 aliphatic carbocycles. The molecular weight excluding hydrogens is 256 g/mol. The smallest absolute Gasteiger partial charge is 0.0704 e. The summed E-state index contributed by atoms with van der Waals surface area (Å²) in [5.74, 6) is 2.44. The molecule has 2 atom stereocenters. The third-order valence-corrected chi connectivity index (χ3v) is 4.76. The highest BCUT2D eigenvalue weighted by Gasteiger charge is 2.30. The van der Waals surface area contributed by atoms with Crippen LogP contribution in [-0.2, 0) is 6.42 Å². The van der Waals surface area contributed by atoms with E-state index in [-0.39, 0.29) is 0 Å². The number of fused-ring (bicyclic) bond motifs is 1. The van der Waals surface area contributed by atoms with Crippen LogP contribution in [0.5, 0.6) is 0 Å². The van der Waals surface area contributed by atoms with Gasteiger partial charge in [0.25, 0.3) is 0 Å². The second-order valence-electron chi connectivity index (χ2n) is 6.84. The average Bonchev–Trinajstić information content (AvgIpc) is 2.48. The number of hydrogen-bond donors (Lipinski definition) is 1. The molecule has 2 heteroatoms. The first kappa shape index (κ1) is 14.5. The number of para-hydroxylation sites is 1. The normalized spacial score (nSPS) is 21.7. The van der Waals surface area contributed by atoms with Crippen molar-refractivity contribution in [3.63, 3.8) is 0 Å². The summed E-state index contributed by atoms with van der Waals surface area (Å²) >= 11 is 0. The summed E-state index contributed by atoms with van der Waals surface area (Å²) in [4.78, 5) is 4.47. The van der Waals surface area contributed by atoms with Crippen LogP contribution in [0.15, 0.2) is 36.5 Å². The average molecular weight is 282 g/mol. The Morgan fingerprint density at radius 1 is 1.14 bits per heavy atom. The molecule has 3 rings (SSSR count). The molecule has 0 radical (unpaired) electrons. The van der Waals surface area contributed by atoms with Crippen molar-refractivity contribution in [1.82, 2.24) is 10.3 Å². The number of benzene rings is 1. The molecule has 0 bridgehead atoms. The maximum Gasteiger partial charge on any atom is 0.0704 e. The summed E-state index contributed by atoms with van der Waals surface area (Å²) in [7, 11) is 0. The lowest BCUT2D eigenvalue weighted by atomic mass is 9.70. The van der Waals surface area contributed by atoms with Gasteiger partial charge in [0.2, 0.25) is 0 Å². The highest BCUT2D eigenvalue weighted by Crippen LogP contribution is 2.37. The van der Waals surface area contributed by atoms with Crippen molar-refractivity contribution in [2.45, 2.75) is 33.1 Å². The number of aromatic nitrogens is 1. The summed E-state index contributed by atoms with van der Waals surface area (Å²) in [6, 6.07) is 10.7. The van der Waals surface area contributed by atoms with E-state index in [1.54, 1.807) is 0 Å². The van der Waals surface area contributed by atoms with Crippen molar-refractivity contribution >= 4 is 10.9 Å². The summed E-state index contributed by atoms with van der Waals surface area (Å²) in [6.07, 6.45) is 5.93. The Bertz CT molecular complexity index is 586. The van der Waals surface area contributed by atoms with Crippen LogP contribution in [-0.4, -0.2) is 18.1 Å². The van der Waals surface area contributed by atoms with Gasteiger partial charge in [0.05, 0.1) is 5.52 Å². The molecule has 1 aliphatic rings. The van der Waals surface area contributed by atoms with Crippen molar-refractivity contribution in [1.29, 1.82) is 0 Å². The zero-order chi connectivity index (χ0) is 14.7. The van der Waals surface area contributed by atoms with Gasteiger partial charge in [-0.2, -0.15) is 0 Å². The van der Waals surface area contributed by atoms with E-state index < -0.39 is 0 Å². The van der Waals surface area contributed by atoms with Crippen molar-refractivity contribution in [3.05, 3.63) is 42.1 Å². The maximum atomic E-state index is 4.47. The zero-order valence-electron chi connectivity index (χ0n) is 13.2. The van der Waals surface area contributed by atoms with Crippen LogP contribution in [0, 0.1) is 17.8 Å². The van der Waals surface area contributed by atoms with Crippen molar-refractivity contribution in [2.24, 2.45) is 17.8 Å². The van der Waals surface area contributed by atoms with Gasteiger partial charge in [-0.25, -0.2) is 0 Å². The van der Waals surface area contributed by atoms with Crippen LogP contribution in [0.2, 0.25) is 0 Å². The third-order valence-electron chi connectivity index (χ3n) is 4.76. The number of rotatable bonds is 6. The summed E-state index contributed by atoms with van der Waals surface area (Å²) in [5.41, 5.74) is 2.60. The largest absolute Gasteiger partial charge is 0.316 e. The molecule has 0 amide bonds. The Hall–Kier alpha value is -1.41. The fraction of sp³-hybridized carbons (Fsp3) is 0.526. The molecule has 0 saturated heterocycles. The first-order chi connectivity index (χ1) is 10.2. The molecule has 1 fully saturated rings. The van der Waals surface area contributed by atoms with Crippen LogP contribution < -0.4 is 5.32 Å². The minimum absolute atomic E-state index is 0.743. The highest BCUT2D eigenvalue weighted by atomic mass is 14.9. The van der Waals surface area contributed by atoms with Gasteiger partial charge in [-0.15, -0.1) is 0 Å². The Kier molecular flexibility index (Phi) is 4.54. The van der Waals surface area contributed by atoms with E-state index in [4.69, 9.17) is 0 Å². The minimum atomic E-state index is 0.743. The Balaban J connectivity index is 1.63. The monoisotopic (exact) mass is 282 g/mol. The van der Waals surface area contributed by atoms with Gasteiger partial charge in [-0.05, 0) is 67.8 Å². The predicted octanol–water partition coefficient (Wildman–Crippen LogP) is 4.05. The molecule has 2 aromatic rings. The summed E-state index contributed by atoms with van der Waals surface area (Å²) in [5, 5.41) is 4.96. The Morgan fingerprint density at radius 2 is 1.95 bits per heavy atom. The van der Waals surface area contributed by atoms with E-state index in [0.717, 1.165) is 29.8 Å². The first-order valence-electron chi connectivity index (χ1n) is 8.27. The predicted molar refractivity (Wildman–Crippen MR) is 89.4 cm³/mol. The van der Waals surface area contributed by atoms with E-state index in [2.05, 4.69) is 54.5 Å². The summed E-state index contributed by atoms with van der Waals surface area (Å²) in [6.45, 7) is 6.87. The van der Waals surface area contributed by atoms with Crippen LogP contribution in [0.1, 0.15) is 32.3 Å². The van der Waals surface area contributed by atoms with Gasteiger partial charge in [-0.3, -0.25) is 4.98 Å². The Labute approximate surface area is 128 Å². The van der Waals surface area contributed by atoms with E-state index in [0.29, 0.717) is 0 Å². The second-order valence-corrected chi connectivity index (χ2v) is 6.84. The van der Waals surface area contributed by atoms with Crippen LogP contribution >= 0.6 is 0 Å². The number of pyridine rings is 1. The fourth-order valence-electron chi connectivity index (χ4n) is 3.35. The molecule has 2 nitrogen and oxygen atoms in total. The minimum Gasteiger partial charge on any atom is -0.316 e. The van der Waals surface area contributed by atoms with Gasteiger partial charge in [0.1, 0.15) is 0 Å². The van der Waals surface area contributed by atoms with Crippen LogP contribution in [0.3, 0.4) is 0 Å². The van der Waals surface area contributed by atoms with Gasteiger partial charge in [0, 0.05) is 11.6 Å². The molecule has 1 aromatic carbocycles. The van der Waals surface area contributed by atoms with Crippen LogP contribution in [0.25, 0.3) is 10.9 Å². The SMILES string of the molecule is CC(C)CNCC1CCC1Cc1ccnc2ccccc12. The van der Waals surface area contributed by atoms with E-state index in [1.807, 2.05) is 6.20 Å². The van der Waals surface area contributed by atoms with E-state index in [1.165, 1.54) is 36.8 Å². The molecule has 1 heterocycles. The lowest BCUT2D eigenvalue weighted by molar-refractivity contribution is 0.170. The van der Waals surface area contributed by atoms with E-state index in [9.17, 15) is 0 Å². The molecule has 1 aromatic heterocycles. The Morgan fingerprint density at radius 3 is 2.71 bits per heavy atom. The molecule has 1 saturated carbocycles. The third kappa shape index (κ3) is 3.44. The van der Waals surface area contributed by atoms with E-state index >= 15 is 0 Å². The molecule has 0 spiro atoms. The highest BCUT2D eigenvalue weighted by molar-refractivity contribution is 5.81. The zero-order valence-corrected chi connectivity index (χ0v) is 13.2. The van der Waals surface area contributed by atoms with Gasteiger partial charge >= 0.3 is 0 Å².